The Morgan fingerprint density at radius 2 is 2.35 bits per heavy atom. The number of urea groups is 1. The molecule has 5 heteroatoms. The van der Waals surface area contributed by atoms with Crippen molar-refractivity contribution in [1.29, 1.82) is 0 Å². The van der Waals surface area contributed by atoms with Crippen molar-refractivity contribution >= 4 is 6.03 Å². The maximum Gasteiger partial charge on any atom is 0.317 e. The Hall–Kier alpha value is -1.49. The number of likely N-dealkylation sites (tertiary alicyclic amines) is 1. The molecule has 1 aromatic heterocycles. The van der Waals surface area contributed by atoms with Gasteiger partial charge in [-0.05, 0) is 31.2 Å². The molecule has 110 valence electrons. The Balaban J connectivity index is 1.63. The molecule has 0 spiro atoms. The van der Waals surface area contributed by atoms with Gasteiger partial charge in [-0.1, -0.05) is 6.92 Å². The van der Waals surface area contributed by atoms with Gasteiger partial charge < -0.3 is 19.7 Å². The van der Waals surface area contributed by atoms with E-state index in [1.807, 2.05) is 13.0 Å². The fourth-order valence-corrected chi connectivity index (χ4v) is 3.11. The highest BCUT2D eigenvalue weighted by Gasteiger charge is 2.30. The van der Waals surface area contributed by atoms with Gasteiger partial charge in [0.25, 0.3) is 0 Å². The monoisotopic (exact) mass is 278 g/mol. The molecule has 0 saturated carbocycles. The molecule has 0 radical (unpaired) electrons. The first-order chi connectivity index (χ1) is 9.65. The number of nitrogens with zero attached hydrogens (tertiary/aromatic N) is 1. The van der Waals surface area contributed by atoms with Crippen LogP contribution in [0.25, 0.3) is 0 Å². The number of rotatable bonds is 1. The molecule has 0 aromatic carbocycles. The van der Waals surface area contributed by atoms with Gasteiger partial charge in [-0.15, -0.1) is 0 Å². The van der Waals surface area contributed by atoms with Crippen LogP contribution < -0.4 is 5.32 Å². The summed E-state index contributed by atoms with van der Waals surface area (Å²) in [5, 5.41) is 13.0. The molecule has 3 unspecified atom stereocenters. The summed E-state index contributed by atoms with van der Waals surface area (Å²) in [5.74, 6) is 1.27. The fraction of sp³-hybridized carbons (Fsp3) is 0.667. The predicted octanol–water partition coefficient (Wildman–Crippen LogP) is 2.07. The van der Waals surface area contributed by atoms with Crippen molar-refractivity contribution < 1.29 is 14.3 Å². The largest absolute Gasteiger partial charge is 0.469 e. The smallest absolute Gasteiger partial charge is 0.317 e. The molecule has 1 aliphatic heterocycles. The summed E-state index contributed by atoms with van der Waals surface area (Å²) in [4.78, 5) is 14.0. The molecule has 2 aliphatic rings. The molecule has 2 amide bonds. The van der Waals surface area contributed by atoms with Crippen LogP contribution in [0, 0.1) is 5.92 Å². The van der Waals surface area contributed by atoms with Gasteiger partial charge in [0.05, 0.1) is 18.4 Å². The first-order valence-electron chi connectivity index (χ1n) is 7.45. The van der Waals surface area contributed by atoms with E-state index in [-0.39, 0.29) is 18.0 Å². The summed E-state index contributed by atoms with van der Waals surface area (Å²) in [7, 11) is 0. The Morgan fingerprint density at radius 1 is 1.50 bits per heavy atom. The molecular weight excluding hydrogens is 256 g/mol. The van der Waals surface area contributed by atoms with Gasteiger partial charge in [0.15, 0.2) is 0 Å². The predicted molar refractivity (Wildman–Crippen MR) is 74.3 cm³/mol. The number of fused-ring (bicyclic) bond motifs is 1. The molecule has 2 N–H and O–H groups in total. The number of hydrogen-bond acceptors (Lipinski definition) is 3. The van der Waals surface area contributed by atoms with E-state index in [4.69, 9.17) is 4.42 Å². The standard InChI is InChI=1S/C15H22N2O3/c1-10-5-7-17(9-13(10)18)15(19)16-12-3-2-4-14-11(12)6-8-20-14/h6,8,10,12-13,18H,2-5,7,9H2,1H3,(H,16,19). The minimum Gasteiger partial charge on any atom is -0.469 e. The lowest BCUT2D eigenvalue weighted by molar-refractivity contribution is 0.0428. The zero-order valence-electron chi connectivity index (χ0n) is 11.8. The van der Waals surface area contributed by atoms with Gasteiger partial charge in [-0.3, -0.25) is 0 Å². The molecule has 20 heavy (non-hydrogen) atoms. The summed E-state index contributed by atoms with van der Waals surface area (Å²) in [6, 6.07) is 1.92. The lowest BCUT2D eigenvalue weighted by Crippen LogP contribution is -2.50. The molecule has 5 nitrogen and oxygen atoms in total. The third kappa shape index (κ3) is 2.54. The van der Waals surface area contributed by atoms with E-state index in [9.17, 15) is 9.90 Å². The normalized spacial score (nSPS) is 29.9. The second-order valence-electron chi connectivity index (χ2n) is 5.97. The van der Waals surface area contributed by atoms with E-state index >= 15 is 0 Å². The minimum atomic E-state index is -0.412. The number of aryl methyl sites for hydroxylation is 1. The quantitative estimate of drug-likeness (QED) is 0.826. The Kier molecular flexibility index (Phi) is 3.70. The minimum absolute atomic E-state index is 0.0430. The van der Waals surface area contributed by atoms with E-state index in [0.717, 1.165) is 43.6 Å². The molecule has 3 rings (SSSR count). The Morgan fingerprint density at radius 3 is 3.15 bits per heavy atom. The van der Waals surface area contributed by atoms with Crippen LogP contribution in [0.5, 0.6) is 0 Å². The second-order valence-corrected chi connectivity index (χ2v) is 5.97. The number of nitrogens with one attached hydrogen (secondary N) is 1. The van der Waals surface area contributed by atoms with Crippen LogP contribution in [-0.4, -0.2) is 35.2 Å². The van der Waals surface area contributed by atoms with Crippen molar-refractivity contribution in [3.8, 4) is 0 Å². The van der Waals surface area contributed by atoms with Crippen molar-refractivity contribution in [3.05, 3.63) is 23.7 Å². The van der Waals surface area contributed by atoms with Crippen LogP contribution >= 0.6 is 0 Å². The number of β-amino-alcohol motifs (C(OH)–C–C–N with tert-alkyl or cyclic N) is 1. The number of aliphatic hydroxyl groups excluding tert-OH is 1. The maximum atomic E-state index is 12.3. The zero-order chi connectivity index (χ0) is 14.1. The molecule has 1 fully saturated rings. The Bertz CT molecular complexity index is 485. The van der Waals surface area contributed by atoms with Gasteiger partial charge in [-0.2, -0.15) is 0 Å². The van der Waals surface area contributed by atoms with Gasteiger partial charge in [0, 0.05) is 25.1 Å². The summed E-state index contributed by atoms with van der Waals surface area (Å²) in [6.07, 6.45) is 5.08. The summed E-state index contributed by atoms with van der Waals surface area (Å²) in [6.45, 7) is 3.17. The van der Waals surface area contributed by atoms with Gasteiger partial charge in [-0.25, -0.2) is 4.79 Å². The van der Waals surface area contributed by atoms with Crippen molar-refractivity contribution in [2.45, 2.75) is 44.8 Å². The highest BCUT2D eigenvalue weighted by atomic mass is 16.3. The van der Waals surface area contributed by atoms with E-state index in [1.165, 1.54) is 0 Å². The van der Waals surface area contributed by atoms with Crippen LogP contribution in [0.3, 0.4) is 0 Å². The molecule has 1 saturated heterocycles. The van der Waals surface area contributed by atoms with Gasteiger partial charge in [0.2, 0.25) is 0 Å². The van der Waals surface area contributed by atoms with Gasteiger partial charge >= 0.3 is 6.03 Å². The van der Waals surface area contributed by atoms with Crippen molar-refractivity contribution in [1.82, 2.24) is 10.2 Å². The third-order valence-electron chi connectivity index (χ3n) is 4.56. The highest BCUT2D eigenvalue weighted by Crippen LogP contribution is 2.30. The van der Waals surface area contributed by atoms with E-state index in [2.05, 4.69) is 5.32 Å². The number of furan rings is 1. The molecule has 1 aromatic rings. The van der Waals surface area contributed by atoms with Gasteiger partial charge in [0.1, 0.15) is 5.76 Å². The first kappa shape index (κ1) is 13.5. The summed E-state index contributed by atoms with van der Waals surface area (Å²) >= 11 is 0. The fourth-order valence-electron chi connectivity index (χ4n) is 3.11. The molecular formula is C15H22N2O3. The van der Waals surface area contributed by atoms with Crippen LogP contribution in [-0.2, 0) is 6.42 Å². The number of piperidine rings is 1. The van der Waals surface area contributed by atoms with E-state index in [1.54, 1.807) is 11.2 Å². The number of aliphatic hydroxyl groups is 1. The highest BCUT2D eigenvalue weighted by molar-refractivity contribution is 5.75. The Labute approximate surface area is 118 Å². The average Bonchev–Trinajstić information content (AvgIpc) is 2.91. The first-order valence-corrected chi connectivity index (χ1v) is 7.45. The topological polar surface area (TPSA) is 65.7 Å². The lowest BCUT2D eigenvalue weighted by Gasteiger charge is -2.35. The number of hydrogen-bond donors (Lipinski definition) is 2. The van der Waals surface area contributed by atoms with Crippen LogP contribution in [0.1, 0.15) is 43.6 Å². The van der Waals surface area contributed by atoms with Crippen LogP contribution in [0.4, 0.5) is 4.79 Å². The number of carbonyl (C=O) groups excluding carboxylic acids is 1. The number of carbonyl (C=O) groups is 1. The summed E-state index contributed by atoms with van der Waals surface area (Å²) in [5.41, 5.74) is 1.11. The van der Waals surface area contributed by atoms with Crippen molar-refractivity contribution in [2.75, 3.05) is 13.1 Å². The molecule has 3 atom stereocenters. The zero-order valence-corrected chi connectivity index (χ0v) is 11.8. The molecule has 2 heterocycles. The lowest BCUT2D eigenvalue weighted by atomic mass is 9.93. The van der Waals surface area contributed by atoms with E-state index in [0.29, 0.717) is 6.54 Å². The van der Waals surface area contributed by atoms with Crippen LogP contribution in [0.15, 0.2) is 16.7 Å². The third-order valence-corrected chi connectivity index (χ3v) is 4.56. The molecule has 1 aliphatic carbocycles. The maximum absolute atomic E-state index is 12.3. The van der Waals surface area contributed by atoms with E-state index < -0.39 is 6.10 Å². The van der Waals surface area contributed by atoms with Crippen molar-refractivity contribution in [2.24, 2.45) is 5.92 Å². The second kappa shape index (κ2) is 5.48. The number of amides is 2. The summed E-state index contributed by atoms with van der Waals surface area (Å²) < 4.78 is 5.44. The SMILES string of the molecule is CC1CCN(C(=O)NC2CCCc3occc32)CC1O. The van der Waals surface area contributed by atoms with Crippen LogP contribution in [0.2, 0.25) is 0 Å². The molecule has 0 bridgehead atoms. The average molecular weight is 278 g/mol. The van der Waals surface area contributed by atoms with Crippen molar-refractivity contribution in [3.63, 3.8) is 0 Å².